The van der Waals surface area contributed by atoms with Crippen molar-refractivity contribution in [3.05, 3.63) is 11.8 Å². The molecule has 0 N–H and O–H groups in total. The van der Waals surface area contributed by atoms with E-state index in [2.05, 4.69) is 25.5 Å². The molecular weight excluding hydrogens is 228 g/mol. The SMILES string of the molecule is CCC1CC(C)(C)CCC1=COC(C)C(=O)OC. The molecule has 3 nitrogen and oxygen atoms in total. The van der Waals surface area contributed by atoms with Crippen molar-refractivity contribution in [3.63, 3.8) is 0 Å². The molecule has 0 amide bonds. The van der Waals surface area contributed by atoms with Crippen molar-refractivity contribution < 1.29 is 14.3 Å². The van der Waals surface area contributed by atoms with Crippen molar-refractivity contribution in [2.75, 3.05) is 7.11 Å². The first-order valence-corrected chi connectivity index (χ1v) is 6.82. The van der Waals surface area contributed by atoms with Crippen molar-refractivity contribution in [1.29, 1.82) is 0 Å². The van der Waals surface area contributed by atoms with Gasteiger partial charge >= 0.3 is 5.97 Å². The van der Waals surface area contributed by atoms with E-state index in [1.165, 1.54) is 25.5 Å². The molecule has 0 aromatic rings. The van der Waals surface area contributed by atoms with Gasteiger partial charge in [0.2, 0.25) is 0 Å². The van der Waals surface area contributed by atoms with Crippen LogP contribution in [0, 0.1) is 11.3 Å². The van der Waals surface area contributed by atoms with Crippen LogP contribution in [0.2, 0.25) is 0 Å². The molecular formula is C15H26O3. The lowest BCUT2D eigenvalue weighted by molar-refractivity contribution is -0.149. The Bertz CT molecular complexity index is 318. The van der Waals surface area contributed by atoms with E-state index in [0.29, 0.717) is 11.3 Å². The third kappa shape index (κ3) is 4.04. The normalized spacial score (nSPS) is 26.7. The number of ether oxygens (including phenoxy) is 2. The quantitative estimate of drug-likeness (QED) is 0.567. The highest BCUT2D eigenvalue weighted by Gasteiger charge is 2.30. The third-order valence-electron chi connectivity index (χ3n) is 3.86. The van der Waals surface area contributed by atoms with Gasteiger partial charge in [-0.25, -0.2) is 4.79 Å². The average Bonchev–Trinajstić information content (AvgIpc) is 2.34. The minimum absolute atomic E-state index is 0.323. The number of hydrogen-bond donors (Lipinski definition) is 0. The van der Waals surface area contributed by atoms with Crippen LogP contribution in [-0.4, -0.2) is 19.2 Å². The summed E-state index contributed by atoms with van der Waals surface area (Å²) in [5.74, 6) is 0.259. The number of methoxy groups -OCH3 is 1. The summed E-state index contributed by atoms with van der Waals surface area (Å²) in [5, 5.41) is 0. The number of allylic oxidation sites excluding steroid dienone is 1. The summed E-state index contributed by atoms with van der Waals surface area (Å²) >= 11 is 0. The van der Waals surface area contributed by atoms with Crippen molar-refractivity contribution >= 4 is 5.97 Å². The van der Waals surface area contributed by atoms with Gasteiger partial charge in [-0.2, -0.15) is 0 Å². The summed E-state index contributed by atoms with van der Waals surface area (Å²) in [6, 6.07) is 0. The molecule has 1 saturated carbocycles. The van der Waals surface area contributed by atoms with E-state index in [9.17, 15) is 4.79 Å². The van der Waals surface area contributed by atoms with Crippen molar-refractivity contribution in [2.24, 2.45) is 11.3 Å². The van der Waals surface area contributed by atoms with Gasteiger partial charge in [0.25, 0.3) is 0 Å². The van der Waals surface area contributed by atoms with Crippen LogP contribution in [-0.2, 0) is 14.3 Å². The molecule has 1 aliphatic rings. The second-order valence-electron chi connectivity index (χ2n) is 5.97. The Morgan fingerprint density at radius 1 is 1.56 bits per heavy atom. The summed E-state index contributed by atoms with van der Waals surface area (Å²) in [7, 11) is 1.38. The van der Waals surface area contributed by atoms with Crippen molar-refractivity contribution in [2.45, 2.75) is 59.5 Å². The van der Waals surface area contributed by atoms with Crippen molar-refractivity contribution in [3.8, 4) is 0 Å². The van der Waals surface area contributed by atoms with E-state index in [1.54, 1.807) is 13.2 Å². The smallest absolute Gasteiger partial charge is 0.346 e. The molecule has 0 aliphatic heterocycles. The first-order valence-electron chi connectivity index (χ1n) is 6.82. The summed E-state index contributed by atoms with van der Waals surface area (Å²) in [4.78, 5) is 11.3. The molecule has 104 valence electrons. The summed E-state index contributed by atoms with van der Waals surface area (Å²) in [5.41, 5.74) is 1.76. The Hall–Kier alpha value is -0.990. The van der Waals surface area contributed by atoms with E-state index in [1.807, 2.05) is 0 Å². The van der Waals surface area contributed by atoms with Crippen LogP contribution in [0.4, 0.5) is 0 Å². The summed E-state index contributed by atoms with van der Waals surface area (Å²) in [6.07, 6.45) is 5.86. The highest BCUT2D eigenvalue weighted by Crippen LogP contribution is 2.42. The number of hydrogen-bond acceptors (Lipinski definition) is 3. The largest absolute Gasteiger partial charge is 0.487 e. The molecule has 0 radical (unpaired) electrons. The Morgan fingerprint density at radius 2 is 2.22 bits per heavy atom. The van der Waals surface area contributed by atoms with E-state index in [0.717, 1.165) is 12.8 Å². The van der Waals surface area contributed by atoms with Gasteiger partial charge in [0.15, 0.2) is 6.10 Å². The number of rotatable bonds is 4. The first kappa shape index (κ1) is 15.1. The standard InChI is InChI=1S/C15H26O3/c1-6-12-9-15(3,4)8-7-13(12)10-18-11(2)14(16)17-5/h10-12H,6-9H2,1-5H3. The molecule has 1 aliphatic carbocycles. The molecule has 3 heteroatoms. The first-order chi connectivity index (χ1) is 8.39. The van der Waals surface area contributed by atoms with Crippen molar-refractivity contribution in [1.82, 2.24) is 0 Å². The molecule has 1 rings (SSSR count). The van der Waals surface area contributed by atoms with Gasteiger partial charge in [-0.1, -0.05) is 20.8 Å². The van der Waals surface area contributed by atoms with Gasteiger partial charge in [0.05, 0.1) is 13.4 Å². The average molecular weight is 254 g/mol. The fourth-order valence-corrected chi connectivity index (χ4v) is 2.56. The molecule has 0 heterocycles. The van der Waals surface area contributed by atoms with Crippen LogP contribution < -0.4 is 0 Å². The lowest BCUT2D eigenvalue weighted by Crippen LogP contribution is -2.25. The number of esters is 1. The third-order valence-corrected chi connectivity index (χ3v) is 3.86. The second-order valence-corrected chi connectivity index (χ2v) is 5.97. The zero-order valence-corrected chi connectivity index (χ0v) is 12.3. The Labute approximate surface area is 111 Å². The van der Waals surface area contributed by atoms with Gasteiger partial charge in [-0.3, -0.25) is 0 Å². The van der Waals surface area contributed by atoms with Gasteiger partial charge in [-0.05, 0) is 49.5 Å². The number of carbonyl (C=O) groups excluding carboxylic acids is 1. The maximum atomic E-state index is 11.3. The lowest BCUT2D eigenvalue weighted by atomic mass is 9.69. The van der Waals surface area contributed by atoms with Crippen LogP contribution in [0.3, 0.4) is 0 Å². The maximum absolute atomic E-state index is 11.3. The minimum Gasteiger partial charge on any atom is -0.487 e. The highest BCUT2D eigenvalue weighted by atomic mass is 16.6. The van der Waals surface area contributed by atoms with E-state index < -0.39 is 6.10 Å². The van der Waals surface area contributed by atoms with Crippen LogP contribution >= 0.6 is 0 Å². The zero-order valence-electron chi connectivity index (χ0n) is 12.3. The molecule has 1 fully saturated rings. The summed E-state index contributed by atoms with van der Waals surface area (Å²) < 4.78 is 10.1. The summed E-state index contributed by atoms with van der Waals surface area (Å²) in [6.45, 7) is 8.58. The Balaban J connectivity index is 2.62. The molecule has 0 saturated heterocycles. The maximum Gasteiger partial charge on any atom is 0.346 e. The fourth-order valence-electron chi connectivity index (χ4n) is 2.56. The lowest BCUT2D eigenvalue weighted by Gasteiger charge is -2.36. The highest BCUT2D eigenvalue weighted by molar-refractivity contribution is 5.74. The predicted molar refractivity (Wildman–Crippen MR) is 72.1 cm³/mol. The van der Waals surface area contributed by atoms with Crippen LogP contribution in [0.5, 0.6) is 0 Å². The Kier molecular flexibility index (Phi) is 5.24. The second kappa shape index (κ2) is 6.26. The van der Waals surface area contributed by atoms with E-state index in [-0.39, 0.29) is 5.97 Å². The van der Waals surface area contributed by atoms with Crippen LogP contribution in [0.1, 0.15) is 53.4 Å². The van der Waals surface area contributed by atoms with Gasteiger partial charge in [0.1, 0.15) is 0 Å². The van der Waals surface area contributed by atoms with Crippen LogP contribution in [0.25, 0.3) is 0 Å². The topological polar surface area (TPSA) is 35.5 Å². The predicted octanol–water partition coefficient (Wildman–Crippen LogP) is 3.68. The monoisotopic (exact) mass is 254 g/mol. The van der Waals surface area contributed by atoms with Gasteiger partial charge in [-0.15, -0.1) is 0 Å². The van der Waals surface area contributed by atoms with Gasteiger partial charge in [0, 0.05) is 0 Å². The molecule has 2 unspecified atom stereocenters. The fraction of sp³-hybridized carbons (Fsp3) is 0.800. The zero-order chi connectivity index (χ0) is 13.8. The minimum atomic E-state index is -0.519. The van der Waals surface area contributed by atoms with Gasteiger partial charge < -0.3 is 9.47 Å². The molecule has 0 bridgehead atoms. The van der Waals surface area contributed by atoms with E-state index in [4.69, 9.17) is 4.74 Å². The van der Waals surface area contributed by atoms with E-state index >= 15 is 0 Å². The molecule has 18 heavy (non-hydrogen) atoms. The molecule has 0 spiro atoms. The molecule has 0 aromatic carbocycles. The Morgan fingerprint density at radius 3 is 2.78 bits per heavy atom. The van der Waals surface area contributed by atoms with Crippen LogP contribution in [0.15, 0.2) is 11.8 Å². The molecule has 2 atom stereocenters. The molecule has 0 aromatic heterocycles. The number of carbonyl (C=O) groups is 1.